The van der Waals surface area contributed by atoms with Crippen LogP contribution in [0.1, 0.15) is 0 Å². The summed E-state index contributed by atoms with van der Waals surface area (Å²) in [5.41, 5.74) is 0. The third-order valence-electron chi connectivity index (χ3n) is 2.86. The van der Waals surface area contributed by atoms with E-state index in [2.05, 4.69) is 0 Å². The van der Waals surface area contributed by atoms with Gasteiger partial charge in [0.2, 0.25) is 0 Å². The molecule has 0 atom stereocenters. The van der Waals surface area contributed by atoms with Crippen molar-refractivity contribution in [2.45, 2.75) is 0 Å². The van der Waals surface area contributed by atoms with Gasteiger partial charge in [0, 0.05) is 5.39 Å². The Bertz CT molecular complexity index is 735. The highest BCUT2D eigenvalue weighted by Crippen LogP contribution is 2.33. The van der Waals surface area contributed by atoms with E-state index in [1.165, 1.54) is 30.3 Å². The average molecular weight is 230 g/mol. The first kappa shape index (κ1) is 10.0. The minimum absolute atomic E-state index is 0.0686. The maximum absolute atomic E-state index is 13.2. The maximum atomic E-state index is 13.2. The lowest BCUT2D eigenvalue weighted by Crippen LogP contribution is -1.83. The van der Waals surface area contributed by atoms with E-state index in [0.29, 0.717) is 21.5 Å². The lowest BCUT2D eigenvalue weighted by atomic mass is 10.0. The van der Waals surface area contributed by atoms with Crippen molar-refractivity contribution >= 4 is 21.5 Å². The van der Waals surface area contributed by atoms with E-state index < -0.39 is 5.82 Å². The molecule has 0 saturated carbocycles. The van der Waals surface area contributed by atoms with Gasteiger partial charge in [-0.2, -0.15) is 0 Å². The van der Waals surface area contributed by atoms with Gasteiger partial charge in [-0.25, -0.2) is 8.78 Å². The van der Waals surface area contributed by atoms with Gasteiger partial charge in [-0.1, -0.05) is 6.07 Å². The van der Waals surface area contributed by atoms with E-state index in [1.807, 2.05) is 0 Å². The van der Waals surface area contributed by atoms with Crippen LogP contribution in [0.5, 0.6) is 5.75 Å². The van der Waals surface area contributed by atoms with Crippen molar-refractivity contribution in [1.82, 2.24) is 0 Å². The molecule has 1 N–H and O–H groups in total. The van der Waals surface area contributed by atoms with Gasteiger partial charge in [-0.15, -0.1) is 0 Å². The van der Waals surface area contributed by atoms with Gasteiger partial charge in [0.1, 0.15) is 17.4 Å². The van der Waals surface area contributed by atoms with Gasteiger partial charge >= 0.3 is 0 Å². The summed E-state index contributed by atoms with van der Waals surface area (Å²) in [7, 11) is 0. The van der Waals surface area contributed by atoms with Crippen LogP contribution in [0.3, 0.4) is 0 Å². The second-order valence-electron chi connectivity index (χ2n) is 3.95. The number of aromatic hydroxyl groups is 1. The molecule has 0 bridgehead atoms. The lowest BCUT2D eigenvalue weighted by Gasteiger charge is -2.06. The van der Waals surface area contributed by atoms with E-state index in [4.69, 9.17) is 0 Å². The van der Waals surface area contributed by atoms with Gasteiger partial charge in [0.05, 0.1) is 0 Å². The molecule has 0 aromatic heterocycles. The van der Waals surface area contributed by atoms with Gasteiger partial charge in [0.25, 0.3) is 0 Å². The molecule has 84 valence electrons. The number of fused-ring (bicyclic) bond motifs is 3. The highest BCUT2D eigenvalue weighted by atomic mass is 19.1. The molecule has 0 spiro atoms. The van der Waals surface area contributed by atoms with Crippen LogP contribution in [0.25, 0.3) is 21.5 Å². The van der Waals surface area contributed by atoms with Crippen molar-refractivity contribution in [3.8, 4) is 5.75 Å². The molecule has 0 fully saturated rings. The Morgan fingerprint density at radius 3 is 2.12 bits per heavy atom. The summed E-state index contributed by atoms with van der Waals surface area (Å²) in [4.78, 5) is 0. The zero-order valence-electron chi connectivity index (χ0n) is 8.74. The van der Waals surface area contributed by atoms with Crippen molar-refractivity contribution in [3.63, 3.8) is 0 Å². The number of phenols is 1. The average Bonchev–Trinajstić information content (AvgIpc) is 2.30. The minimum atomic E-state index is -0.409. The van der Waals surface area contributed by atoms with Crippen molar-refractivity contribution in [2.24, 2.45) is 0 Å². The standard InChI is InChI=1S/C14H8F2O/c15-9-2-1-8-5-14(17)11-4-3-10(16)7-13(11)12(8)6-9/h1-7,17H. The van der Waals surface area contributed by atoms with Crippen LogP contribution in [-0.2, 0) is 0 Å². The van der Waals surface area contributed by atoms with Crippen molar-refractivity contribution in [1.29, 1.82) is 0 Å². The molecular weight excluding hydrogens is 222 g/mol. The molecule has 3 aromatic rings. The molecule has 17 heavy (non-hydrogen) atoms. The lowest BCUT2D eigenvalue weighted by molar-refractivity contribution is 0.482. The number of halogens is 2. The highest BCUT2D eigenvalue weighted by molar-refractivity contribution is 6.10. The second-order valence-corrected chi connectivity index (χ2v) is 3.95. The summed E-state index contributed by atoms with van der Waals surface area (Å²) in [6, 6.07) is 9.83. The first-order valence-corrected chi connectivity index (χ1v) is 5.15. The Labute approximate surface area is 95.9 Å². The predicted molar refractivity (Wildman–Crippen MR) is 63.0 cm³/mol. The molecule has 0 amide bonds. The molecule has 0 unspecified atom stereocenters. The van der Waals surface area contributed by atoms with E-state index in [9.17, 15) is 13.9 Å². The van der Waals surface area contributed by atoms with Crippen LogP contribution in [0.2, 0.25) is 0 Å². The van der Waals surface area contributed by atoms with E-state index in [0.717, 1.165) is 0 Å². The number of phenolic OH excluding ortho intramolecular Hbond substituents is 1. The molecule has 0 aliphatic carbocycles. The van der Waals surface area contributed by atoms with Crippen LogP contribution in [0.4, 0.5) is 8.78 Å². The molecule has 3 rings (SSSR count). The van der Waals surface area contributed by atoms with Crippen LogP contribution in [0, 0.1) is 11.6 Å². The molecule has 0 saturated heterocycles. The summed E-state index contributed by atoms with van der Waals surface area (Å²) in [5.74, 6) is -0.721. The molecule has 3 heteroatoms. The Morgan fingerprint density at radius 1 is 0.706 bits per heavy atom. The van der Waals surface area contributed by atoms with E-state index >= 15 is 0 Å². The quantitative estimate of drug-likeness (QED) is 0.579. The van der Waals surface area contributed by atoms with Gasteiger partial charge in [-0.3, -0.25) is 0 Å². The van der Waals surface area contributed by atoms with Crippen LogP contribution in [0.15, 0.2) is 42.5 Å². The fourth-order valence-corrected chi connectivity index (χ4v) is 2.08. The Morgan fingerprint density at radius 2 is 1.35 bits per heavy atom. The zero-order chi connectivity index (χ0) is 12.0. The molecule has 0 radical (unpaired) electrons. The zero-order valence-corrected chi connectivity index (χ0v) is 8.74. The van der Waals surface area contributed by atoms with Gasteiger partial charge in [0.15, 0.2) is 0 Å². The smallest absolute Gasteiger partial charge is 0.124 e. The number of benzene rings is 3. The Hall–Kier alpha value is -2.16. The Kier molecular flexibility index (Phi) is 2.01. The monoisotopic (exact) mass is 230 g/mol. The minimum Gasteiger partial charge on any atom is -0.507 e. The van der Waals surface area contributed by atoms with Crippen LogP contribution >= 0.6 is 0 Å². The summed E-state index contributed by atoms with van der Waals surface area (Å²) < 4.78 is 26.4. The largest absolute Gasteiger partial charge is 0.507 e. The topological polar surface area (TPSA) is 20.2 Å². The van der Waals surface area contributed by atoms with Crippen LogP contribution < -0.4 is 0 Å². The summed E-state index contributed by atoms with van der Waals surface area (Å²) >= 11 is 0. The molecule has 0 heterocycles. The third-order valence-corrected chi connectivity index (χ3v) is 2.86. The van der Waals surface area contributed by atoms with E-state index in [-0.39, 0.29) is 11.6 Å². The van der Waals surface area contributed by atoms with Gasteiger partial charge < -0.3 is 5.11 Å². The normalized spacial score (nSPS) is 11.2. The molecule has 1 nitrogen and oxygen atoms in total. The van der Waals surface area contributed by atoms with Crippen molar-refractivity contribution < 1.29 is 13.9 Å². The van der Waals surface area contributed by atoms with Crippen molar-refractivity contribution in [2.75, 3.05) is 0 Å². The van der Waals surface area contributed by atoms with Crippen LogP contribution in [-0.4, -0.2) is 5.11 Å². The fourth-order valence-electron chi connectivity index (χ4n) is 2.08. The second kappa shape index (κ2) is 3.42. The van der Waals surface area contributed by atoms with E-state index in [1.54, 1.807) is 12.1 Å². The SMILES string of the molecule is Oc1cc2ccc(F)cc2c2cc(F)ccc12. The molecular formula is C14H8F2O. The molecule has 0 aliphatic rings. The van der Waals surface area contributed by atoms with Crippen molar-refractivity contribution in [3.05, 3.63) is 54.1 Å². The van der Waals surface area contributed by atoms with Gasteiger partial charge in [-0.05, 0) is 52.6 Å². The fraction of sp³-hybridized carbons (Fsp3) is 0. The molecule has 3 aromatic carbocycles. The molecule has 0 aliphatic heterocycles. The highest BCUT2D eigenvalue weighted by Gasteiger charge is 2.07. The maximum Gasteiger partial charge on any atom is 0.124 e. The Balaban J connectivity index is 2.59. The summed E-state index contributed by atoms with van der Waals surface area (Å²) in [5, 5.41) is 12.1. The first-order chi connectivity index (χ1) is 8.15. The number of hydrogen-bond donors (Lipinski definition) is 1. The number of rotatable bonds is 0. The summed E-state index contributed by atoms with van der Waals surface area (Å²) in [6.45, 7) is 0. The predicted octanol–water partition coefficient (Wildman–Crippen LogP) is 3.98. The first-order valence-electron chi connectivity index (χ1n) is 5.15. The number of hydrogen-bond acceptors (Lipinski definition) is 1. The summed E-state index contributed by atoms with van der Waals surface area (Å²) in [6.07, 6.45) is 0. The third kappa shape index (κ3) is 1.51.